The minimum absolute atomic E-state index is 0.187. The Morgan fingerprint density at radius 2 is 2.09 bits per heavy atom. The Balaban J connectivity index is 3.97. The second-order valence-electron chi connectivity index (χ2n) is 3.27. The summed E-state index contributed by atoms with van der Waals surface area (Å²) in [6, 6.07) is 0. The van der Waals surface area contributed by atoms with Crippen LogP contribution in [0.5, 0.6) is 0 Å². The van der Waals surface area contributed by atoms with Crippen LogP contribution in [0, 0.1) is 12.3 Å². The molecule has 0 fully saturated rings. The minimum atomic E-state index is -0.394. The number of carbonyl (C=O) groups excluding carboxylic acids is 1. The molecule has 0 heterocycles. The van der Waals surface area contributed by atoms with E-state index >= 15 is 0 Å². The monoisotopic (exact) mass is 155 g/mol. The van der Waals surface area contributed by atoms with Gasteiger partial charge in [-0.2, -0.15) is 0 Å². The molecule has 0 rings (SSSR count). The Morgan fingerprint density at radius 1 is 1.64 bits per heavy atom. The van der Waals surface area contributed by atoms with E-state index in [4.69, 9.17) is 4.74 Å². The Bertz CT molecular complexity index is 153. The van der Waals surface area contributed by atoms with Gasteiger partial charge in [-0.15, -0.1) is 0 Å². The highest BCUT2D eigenvalue weighted by Crippen LogP contribution is 2.20. The second-order valence-corrected chi connectivity index (χ2v) is 3.27. The molecule has 2 heteroatoms. The maximum atomic E-state index is 10.7. The average Bonchev–Trinajstić information content (AvgIpc) is 1.85. The van der Waals surface area contributed by atoms with Crippen LogP contribution in [0.15, 0.2) is 12.7 Å². The van der Waals surface area contributed by atoms with Crippen molar-refractivity contribution in [2.24, 2.45) is 5.41 Å². The van der Waals surface area contributed by atoms with Crippen molar-refractivity contribution >= 4 is 5.97 Å². The molecule has 0 spiro atoms. The molecular weight excluding hydrogens is 140 g/mol. The van der Waals surface area contributed by atoms with Crippen molar-refractivity contribution in [1.82, 2.24) is 0 Å². The van der Waals surface area contributed by atoms with Crippen LogP contribution in [-0.2, 0) is 9.53 Å². The number of esters is 1. The van der Waals surface area contributed by atoms with Gasteiger partial charge < -0.3 is 4.74 Å². The molecule has 0 aliphatic carbocycles. The molecule has 0 aromatic carbocycles. The molecule has 0 aliphatic heterocycles. The zero-order valence-corrected chi connectivity index (χ0v) is 7.39. The first-order chi connectivity index (χ1) is 4.88. The van der Waals surface area contributed by atoms with Gasteiger partial charge in [-0.3, -0.25) is 0 Å². The van der Waals surface area contributed by atoms with Crippen molar-refractivity contribution in [2.45, 2.75) is 26.9 Å². The van der Waals surface area contributed by atoms with Crippen LogP contribution in [0.1, 0.15) is 20.8 Å². The van der Waals surface area contributed by atoms with Crippen molar-refractivity contribution < 1.29 is 9.53 Å². The van der Waals surface area contributed by atoms with Gasteiger partial charge >= 0.3 is 5.97 Å². The Morgan fingerprint density at radius 3 is 2.36 bits per heavy atom. The van der Waals surface area contributed by atoms with Crippen molar-refractivity contribution in [1.29, 1.82) is 0 Å². The quantitative estimate of drug-likeness (QED) is 0.460. The SMILES string of the molecule is [CH2]C(C)(C)C(C)OC(=O)C=C. The van der Waals surface area contributed by atoms with E-state index in [0.717, 1.165) is 6.08 Å². The van der Waals surface area contributed by atoms with Gasteiger partial charge in [-0.25, -0.2) is 4.79 Å². The lowest BCUT2D eigenvalue weighted by molar-refractivity contribution is -0.146. The summed E-state index contributed by atoms with van der Waals surface area (Å²) < 4.78 is 4.94. The number of hydrogen-bond donors (Lipinski definition) is 0. The summed E-state index contributed by atoms with van der Waals surface area (Å²) in [5, 5.41) is 0. The fourth-order valence-electron chi connectivity index (χ4n) is 0.382. The largest absolute Gasteiger partial charge is 0.459 e. The summed E-state index contributed by atoms with van der Waals surface area (Å²) in [7, 11) is 0. The average molecular weight is 155 g/mol. The van der Waals surface area contributed by atoms with Crippen molar-refractivity contribution in [3.05, 3.63) is 19.6 Å². The van der Waals surface area contributed by atoms with Crippen LogP contribution < -0.4 is 0 Å². The van der Waals surface area contributed by atoms with E-state index in [0.29, 0.717) is 0 Å². The lowest BCUT2D eigenvalue weighted by Crippen LogP contribution is -2.28. The molecule has 2 nitrogen and oxygen atoms in total. The van der Waals surface area contributed by atoms with Crippen molar-refractivity contribution in [2.75, 3.05) is 0 Å². The van der Waals surface area contributed by atoms with E-state index in [2.05, 4.69) is 13.5 Å². The highest BCUT2D eigenvalue weighted by Gasteiger charge is 2.22. The standard InChI is InChI=1S/C9H15O2/c1-6-8(10)11-7(2)9(3,4)5/h6-7H,1,3H2,2,4-5H3. The van der Waals surface area contributed by atoms with E-state index in [1.54, 1.807) is 0 Å². The van der Waals surface area contributed by atoms with E-state index < -0.39 is 5.97 Å². The van der Waals surface area contributed by atoms with E-state index in [1.165, 1.54) is 0 Å². The number of rotatable bonds is 3. The Labute approximate surface area is 68.2 Å². The molecule has 0 aromatic heterocycles. The fourth-order valence-corrected chi connectivity index (χ4v) is 0.382. The molecule has 63 valence electrons. The van der Waals surface area contributed by atoms with Gasteiger partial charge in [0.2, 0.25) is 0 Å². The molecule has 0 saturated carbocycles. The van der Waals surface area contributed by atoms with Gasteiger partial charge in [0.15, 0.2) is 0 Å². The van der Waals surface area contributed by atoms with Gasteiger partial charge in [0, 0.05) is 11.5 Å². The van der Waals surface area contributed by atoms with Crippen LogP contribution in [0.2, 0.25) is 0 Å². The van der Waals surface area contributed by atoms with E-state index in [9.17, 15) is 4.79 Å². The molecule has 11 heavy (non-hydrogen) atoms. The van der Waals surface area contributed by atoms with Gasteiger partial charge in [0.25, 0.3) is 0 Å². The van der Waals surface area contributed by atoms with Crippen molar-refractivity contribution in [3.63, 3.8) is 0 Å². The maximum Gasteiger partial charge on any atom is 0.330 e. The summed E-state index contributed by atoms with van der Waals surface area (Å²) in [5.41, 5.74) is -0.251. The predicted molar refractivity (Wildman–Crippen MR) is 44.9 cm³/mol. The predicted octanol–water partition coefficient (Wildman–Crippen LogP) is 1.96. The van der Waals surface area contributed by atoms with Crippen molar-refractivity contribution in [3.8, 4) is 0 Å². The second kappa shape index (κ2) is 3.56. The normalized spacial score (nSPS) is 13.8. The first kappa shape index (κ1) is 10.2. The molecule has 0 N–H and O–H groups in total. The first-order valence-electron chi connectivity index (χ1n) is 3.56. The van der Waals surface area contributed by atoms with Crippen LogP contribution in [0.4, 0.5) is 0 Å². The van der Waals surface area contributed by atoms with Crippen LogP contribution in [-0.4, -0.2) is 12.1 Å². The molecule has 1 atom stereocenters. The smallest absolute Gasteiger partial charge is 0.330 e. The fraction of sp³-hybridized carbons (Fsp3) is 0.556. The van der Waals surface area contributed by atoms with Crippen LogP contribution >= 0.6 is 0 Å². The Kier molecular flexibility index (Phi) is 3.30. The minimum Gasteiger partial charge on any atom is -0.459 e. The number of ether oxygens (including phenoxy) is 1. The zero-order valence-electron chi connectivity index (χ0n) is 7.39. The molecule has 1 radical (unpaired) electrons. The molecular formula is C9H15O2. The zero-order chi connectivity index (χ0) is 9.07. The molecule has 0 aromatic rings. The first-order valence-corrected chi connectivity index (χ1v) is 3.56. The third kappa shape index (κ3) is 3.81. The highest BCUT2D eigenvalue weighted by molar-refractivity contribution is 5.81. The van der Waals surface area contributed by atoms with Gasteiger partial charge in [-0.05, 0) is 13.8 Å². The highest BCUT2D eigenvalue weighted by atomic mass is 16.5. The molecule has 0 amide bonds. The number of hydrogen-bond acceptors (Lipinski definition) is 2. The van der Waals surface area contributed by atoms with Crippen LogP contribution in [0.3, 0.4) is 0 Å². The maximum absolute atomic E-state index is 10.7. The summed E-state index contributed by atoms with van der Waals surface area (Å²) in [4.78, 5) is 10.7. The molecule has 0 saturated heterocycles. The van der Waals surface area contributed by atoms with E-state index in [1.807, 2.05) is 20.8 Å². The summed E-state index contributed by atoms with van der Waals surface area (Å²) in [6.45, 7) is 12.8. The third-order valence-electron chi connectivity index (χ3n) is 1.56. The summed E-state index contributed by atoms with van der Waals surface area (Å²) in [6.07, 6.45) is 0.968. The third-order valence-corrected chi connectivity index (χ3v) is 1.56. The lowest BCUT2D eigenvalue weighted by atomic mass is 9.90. The van der Waals surface area contributed by atoms with Gasteiger partial charge in [-0.1, -0.05) is 20.4 Å². The van der Waals surface area contributed by atoms with Gasteiger partial charge in [0.05, 0.1) is 0 Å². The molecule has 0 aliphatic rings. The van der Waals surface area contributed by atoms with Gasteiger partial charge in [0.1, 0.15) is 6.10 Å². The van der Waals surface area contributed by atoms with Crippen LogP contribution in [0.25, 0.3) is 0 Å². The Hall–Kier alpha value is -0.790. The summed E-state index contributed by atoms with van der Waals surface area (Å²) >= 11 is 0. The number of carbonyl (C=O) groups is 1. The topological polar surface area (TPSA) is 26.3 Å². The molecule has 1 unspecified atom stereocenters. The lowest BCUT2D eigenvalue weighted by Gasteiger charge is -2.25. The molecule has 0 bridgehead atoms. The summed E-state index contributed by atoms with van der Waals surface area (Å²) in [5.74, 6) is -0.394. The van der Waals surface area contributed by atoms with E-state index in [-0.39, 0.29) is 11.5 Å².